The number of amides is 1. The molecular weight excluding hydrogens is 380 g/mol. The molecule has 1 spiro atoms. The molecule has 1 atom stereocenters. The Morgan fingerprint density at radius 2 is 2.10 bits per heavy atom. The van der Waals surface area contributed by atoms with Gasteiger partial charge in [0, 0.05) is 44.8 Å². The fourth-order valence-corrected chi connectivity index (χ4v) is 4.68. The summed E-state index contributed by atoms with van der Waals surface area (Å²) in [6.07, 6.45) is 2.87. The Kier molecular flexibility index (Phi) is 7.77. The van der Waals surface area contributed by atoms with Gasteiger partial charge in [-0.1, -0.05) is 32.9 Å². The van der Waals surface area contributed by atoms with Crippen molar-refractivity contribution < 1.29 is 19.4 Å². The Labute approximate surface area is 180 Å². The van der Waals surface area contributed by atoms with Gasteiger partial charge in [-0.25, -0.2) is 0 Å². The van der Waals surface area contributed by atoms with Gasteiger partial charge in [-0.15, -0.1) is 0 Å². The summed E-state index contributed by atoms with van der Waals surface area (Å²) in [5.74, 6) is 0.983. The summed E-state index contributed by atoms with van der Waals surface area (Å²) in [5.41, 5.74) is 1.39. The third-order valence-corrected chi connectivity index (χ3v) is 6.36. The maximum absolute atomic E-state index is 13.2. The molecule has 168 valence electrons. The quantitative estimate of drug-likeness (QED) is 0.679. The number of likely N-dealkylation sites (tertiary alicyclic amines) is 1. The molecule has 2 aliphatic heterocycles. The highest BCUT2D eigenvalue weighted by molar-refractivity contribution is 5.80. The monoisotopic (exact) mass is 418 g/mol. The number of hydrogen-bond donors (Lipinski definition) is 2. The van der Waals surface area contributed by atoms with E-state index in [1.807, 2.05) is 18.2 Å². The van der Waals surface area contributed by atoms with E-state index in [2.05, 4.69) is 37.1 Å². The molecule has 0 bridgehead atoms. The van der Waals surface area contributed by atoms with Gasteiger partial charge >= 0.3 is 0 Å². The standard InChI is InChI=1S/C24H38N2O4/c1-23(2,3)7-10-25-22(28)21-17-26(18-24(21)8-12-29-13-9-24)16-19-5-4-6-20(15-19)30-14-11-27/h4-6,15,21,27H,7-14,16-18H2,1-3H3,(H,25,28). The second kappa shape index (κ2) is 10.1. The number of ether oxygens (including phenoxy) is 2. The lowest BCUT2D eigenvalue weighted by atomic mass is 9.71. The topological polar surface area (TPSA) is 71.0 Å². The number of benzene rings is 1. The Hall–Kier alpha value is -1.63. The van der Waals surface area contributed by atoms with Crippen LogP contribution in [0.5, 0.6) is 5.75 Å². The van der Waals surface area contributed by atoms with Crippen LogP contribution in [0.15, 0.2) is 24.3 Å². The molecule has 1 amide bonds. The average Bonchev–Trinajstić information content (AvgIpc) is 3.03. The van der Waals surface area contributed by atoms with Gasteiger partial charge < -0.3 is 19.9 Å². The number of nitrogens with zero attached hydrogens (tertiary/aromatic N) is 1. The molecular formula is C24H38N2O4. The van der Waals surface area contributed by atoms with Crippen LogP contribution in [0.1, 0.15) is 45.6 Å². The van der Waals surface area contributed by atoms with Gasteiger partial charge in [-0.2, -0.15) is 0 Å². The van der Waals surface area contributed by atoms with E-state index in [-0.39, 0.29) is 29.3 Å². The van der Waals surface area contributed by atoms with E-state index in [1.54, 1.807) is 0 Å². The normalized spacial score (nSPS) is 21.7. The molecule has 0 saturated carbocycles. The Balaban J connectivity index is 1.65. The molecule has 1 aromatic carbocycles. The first-order valence-electron chi connectivity index (χ1n) is 11.2. The first-order valence-corrected chi connectivity index (χ1v) is 11.2. The molecule has 1 unspecified atom stereocenters. The minimum Gasteiger partial charge on any atom is -0.491 e. The Morgan fingerprint density at radius 1 is 1.33 bits per heavy atom. The van der Waals surface area contributed by atoms with Crippen molar-refractivity contribution in [1.82, 2.24) is 10.2 Å². The fraction of sp³-hybridized carbons (Fsp3) is 0.708. The largest absolute Gasteiger partial charge is 0.491 e. The van der Waals surface area contributed by atoms with Crippen molar-refractivity contribution in [3.63, 3.8) is 0 Å². The SMILES string of the molecule is CC(C)(C)CCNC(=O)C1CN(Cc2cccc(OCCO)c2)CC12CCOCC2. The van der Waals surface area contributed by atoms with Gasteiger partial charge in [0.15, 0.2) is 0 Å². The average molecular weight is 419 g/mol. The number of aliphatic hydroxyl groups is 1. The van der Waals surface area contributed by atoms with E-state index in [4.69, 9.17) is 14.6 Å². The van der Waals surface area contributed by atoms with Crippen molar-refractivity contribution in [3.8, 4) is 5.75 Å². The van der Waals surface area contributed by atoms with Gasteiger partial charge in [0.25, 0.3) is 0 Å². The fourth-order valence-electron chi connectivity index (χ4n) is 4.68. The van der Waals surface area contributed by atoms with Crippen LogP contribution < -0.4 is 10.1 Å². The summed E-state index contributed by atoms with van der Waals surface area (Å²) < 4.78 is 11.2. The van der Waals surface area contributed by atoms with Crippen molar-refractivity contribution in [3.05, 3.63) is 29.8 Å². The molecule has 2 N–H and O–H groups in total. The van der Waals surface area contributed by atoms with Gasteiger partial charge in [-0.3, -0.25) is 9.69 Å². The third-order valence-electron chi connectivity index (χ3n) is 6.36. The maximum atomic E-state index is 13.2. The summed E-state index contributed by atoms with van der Waals surface area (Å²) in [7, 11) is 0. The molecule has 3 rings (SSSR count). The minimum atomic E-state index is 0.00689. The number of carbonyl (C=O) groups is 1. The third kappa shape index (κ3) is 6.19. The molecule has 2 fully saturated rings. The number of carbonyl (C=O) groups excluding carboxylic acids is 1. The van der Waals surface area contributed by atoms with Crippen molar-refractivity contribution in [2.24, 2.45) is 16.7 Å². The molecule has 1 aromatic rings. The zero-order chi connectivity index (χ0) is 21.6. The van der Waals surface area contributed by atoms with Crippen LogP contribution in [0, 0.1) is 16.7 Å². The second-order valence-corrected chi connectivity index (χ2v) is 10.0. The lowest BCUT2D eigenvalue weighted by Crippen LogP contribution is -2.44. The molecule has 2 heterocycles. The van der Waals surface area contributed by atoms with Gasteiger partial charge in [0.05, 0.1) is 12.5 Å². The summed E-state index contributed by atoms with van der Waals surface area (Å²) in [6, 6.07) is 8.02. The molecule has 2 aliphatic rings. The predicted molar refractivity (Wildman–Crippen MR) is 117 cm³/mol. The molecule has 30 heavy (non-hydrogen) atoms. The number of hydrogen-bond acceptors (Lipinski definition) is 5. The van der Waals surface area contributed by atoms with E-state index < -0.39 is 0 Å². The summed E-state index contributed by atoms with van der Waals surface area (Å²) >= 11 is 0. The van der Waals surface area contributed by atoms with E-state index in [0.29, 0.717) is 6.61 Å². The Morgan fingerprint density at radius 3 is 2.80 bits per heavy atom. The van der Waals surface area contributed by atoms with Crippen LogP contribution >= 0.6 is 0 Å². The van der Waals surface area contributed by atoms with Crippen LogP contribution in [-0.2, 0) is 16.1 Å². The second-order valence-electron chi connectivity index (χ2n) is 10.0. The molecule has 6 nitrogen and oxygen atoms in total. The van der Waals surface area contributed by atoms with E-state index in [1.165, 1.54) is 5.56 Å². The summed E-state index contributed by atoms with van der Waals surface area (Å²) in [6.45, 7) is 11.6. The van der Waals surface area contributed by atoms with Crippen LogP contribution in [0.2, 0.25) is 0 Å². The molecule has 6 heteroatoms. The predicted octanol–water partition coefficient (Wildman–Crippen LogP) is 2.84. The summed E-state index contributed by atoms with van der Waals surface area (Å²) in [5, 5.41) is 12.2. The zero-order valence-electron chi connectivity index (χ0n) is 18.8. The van der Waals surface area contributed by atoms with Crippen LogP contribution in [0.4, 0.5) is 0 Å². The Bertz CT molecular complexity index is 695. The summed E-state index contributed by atoms with van der Waals surface area (Å²) in [4.78, 5) is 15.6. The van der Waals surface area contributed by atoms with E-state index in [9.17, 15) is 4.79 Å². The number of rotatable bonds is 8. The smallest absolute Gasteiger partial charge is 0.225 e. The molecule has 0 aliphatic carbocycles. The van der Waals surface area contributed by atoms with Crippen molar-refractivity contribution >= 4 is 5.91 Å². The lowest BCUT2D eigenvalue weighted by Gasteiger charge is -2.37. The van der Waals surface area contributed by atoms with Crippen molar-refractivity contribution in [1.29, 1.82) is 0 Å². The zero-order valence-corrected chi connectivity index (χ0v) is 18.8. The first kappa shape index (κ1) is 23.0. The van der Waals surface area contributed by atoms with Gasteiger partial charge in [-0.05, 0) is 42.4 Å². The van der Waals surface area contributed by atoms with Crippen molar-refractivity contribution in [2.45, 2.75) is 46.6 Å². The molecule has 2 saturated heterocycles. The first-order chi connectivity index (χ1) is 14.3. The number of nitrogens with one attached hydrogen (secondary N) is 1. The highest BCUT2D eigenvalue weighted by Gasteiger charge is 2.50. The minimum absolute atomic E-state index is 0.00689. The van der Waals surface area contributed by atoms with Crippen LogP contribution in [0.25, 0.3) is 0 Å². The van der Waals surface area contributed by atoms with E-state index in [0.717, 1.165) is 64.4 Å². The lowest BCUT2D eigenvalue weighted by molar-refractivity contribution is -0.129. The van der Waals surface area contributed by atoms with Crippen LogP contribution in [-0.4, -0.2) is 62.0 Å². The highest BCUT2D eigenvalue weighted by atomic mass is 16.5. The van der Waals surface area contributed by atoms with Crippen LogP contribution in [0.3, 0.4) is 0 Å². The highest BCUT2D eigenvalue weighted by Crippen LogP contribution is 2.45. The van der Waals surface area contributed by atoms with Gasteiger partial charge in [0.2, 0.25) is 5.91 Å². The van der Waals surface area contributed by atoms with Gasteiger partial charge in [0.1, 0.15) is 12.4 Å². The molecule has 0 radical (unpaired) electrons. The number of aliphatic hydroxyl groups excluding tert-OH is 1. The van der Waals surface area contributed by atoms with Crippen molar-refractivity contribution in [2.75, 3.05) is 46.1 Å². The maximum Gasteiger partial charge on any atom is 0.225 e. The molecule has 0 aromatic heterocycles. The van der Waals surface area contributed by atoms with E-state index >= 15 is 0 Å².